The molecule has 0 spiro atoms. The maximum absolute atomic E-state index is 13.3. The molecule has 0 heterocycles. The van der Waals surface area contributed by atoms with Crippen LogP contribution in [0.1, 0.15) is 22.8 Å². The molecule has 1 amide bonds. The molecular weight excluding hydrogens is 400 g/mol. The molecule has 0 saturated heterocycles. The summed E-state index contributed by atoms with van der Waals surface area (Å²) in [6.45, 7) is 2.87. The Morgan fingerprint density at radius 1 is 0.900 bits per heavy atom. The average molecular weight is 423 g/mol. The summed E-state index contributed by atoms with van der Waals surface area (Å²) < 4.78 is 27.7. The highest BCUT2D eigenvalue weighted by atomic mass is 32.2. The van der Waals surface area contributed by atoms with Gasteiger partial charge >= 0.3 is 0 Å². The lowest BCUT2D eigenvalue weighted by Gasteiger charge is -2.24. The highest BCUT2D eigenvalue weighted by Crippen LogP contribution is 2.24. The second-order valence-electron chi connectivity index (χ2n) is 6.85. The Morgan fingerprint density at radius 2 is 1.57 bits per heavy atom. The average Bonchev–Trinajstić information content (AvgIpc) is 2.73. The van der Waals surface area contributed by atoms with Crippen molar-refractivity contribution < 1.29 is 18.0 Å². The number of para-hydroxylation sites is 1. The van der Waals surface area contributed by atoms with E-state index in [0.29, 0.717) is 16.9 Å². The molecule has 1 N–H and O–H groups in total. The third-order valence-corrected chi connectivity index (χ3v) is 6.25. The van der Waals surface area contributed by atoms with Gasteiger partial charge in [0.25, 0.3) is 10.0 Å². The van der Waals surface area contributed by atoms with Gasteiger partial charge in [-0.15, -0.1) is 0 Å². The number of nitrogens with one attached hydrogen (secondary N) is 1. The maximum Gasteiger partial charge on any atom is 0.264 e. The fraction of sp³-hybridized carbons (Fsp3) is 0.130. The van der Waals surface area contributed by atoms with Gasteiger partial charge in [-0.25, -0.2) is 8.42 Å². The van der Waals surface area contributed by atoms with Crippen LogP contribution in [0.5, 0.6) is 0 Å². The van der Waals surface area contributed by atoms with E-state index in [2.05, 4.69) is 5.32 Å². The molecule has 0 aliphatic carbocycles. The second-order valence-corrected chi connectivity index (χ2v) is 8.71. The lowest BCUT2D eigenvalue weighted by Crippen LogP contribution is -2.38. The van der Waals surface area contributed by atoms with Gasteiger partial charge in [0.15, 0.2) is 5.78 Å². The number of anilines is 2. The summed E-state index contributed by atoms with van der Waals surface area (Å²) in [5, 5.41) is 2.69. The van der Waals surface area contributed by atoms with Crippen molar-refractivity contribution in [3.8, 4) is 0 Å². The zero-order valence-corrected chi connectivity index (χ0v) is 17.5. The minimum atomic E-state index is -3.95. The molecule has 3 aromatic rings. The molecule has 7 heteroatoms. The summed E-state index contributed by atoms with van der Waals surface area (Å²) in [5.74, 6) is -0.571. The van der Waals surface area contributed by atoms with Gasteiger partial charge in [0.1, 0.15) is 6.54 Å². The largest absolute Gasteiger partial charge is 0.325 e. The first-order valence-corrected chi connectivity index (χ1v) is 10.8. The molecule has 154 valence electrons. The van der Waals surface area contributed by atoms with Crippen LogP contribution in [0.25, 0.3) is 0 Å². The predicted molar refractivity (Wildman–Crippen MR) is 117 cm³/mol. The van der Waals surface area contributed by atoms with E-state index in [1.807, 2.05) is 13.0 Å². The molecule has 6 nitrogen and oxygen atoms in total. The Morgan fingerprint density at radius 3 is 2.17 bits per heavy atom. The number of carbonyl (C=O) groups is 2. The van der Waals surface area contributed by atoms with Crippen molar-refractivity contribution in [2.24, 2.45) is 0 Å². The van der Waals surface area contributed by atoms with Crippen LogP contribution in [0.4, 0.5) is 11.4 Å². The third-order valence-electron chi connectivity index (χ3n) is 4.48. The van der Waals surface area contributed by atoms with E-state index >= 15 is 0 Å². The van der Waals surface area contributed by atoms with Crippen LogP contribution in [0.15, 0.2) is 83.8 Å². The summed E-state index contributed by atoms with van der Waals surface area (Å²) >= 11 is 0. The number of amides is 1. The van der Waals surface area contributed by atoms with Gasteiger partial charge in [0.2, 0.25) is 5.91 Å². The van der Waals surface area contributed by atoms with Crippen molar-refractivity contribution in [1.29, 1.82) is 0 Å². The van der Waals surface area contributed by atoms with Crippen LogP contribution >= 0.6 is 0 Å². The fourth-order valence-electron chi connectivity index (χ4n) is 2.93. The van der Waals surface area contributed by atoms with Gasteiger partial charge in [-0.05, 0) is 67.9 Å². The summed E-state index contributed by atoms with van der Waals surface area (Å²) in [4.78, 5) is 24.2. The molecule has 3 rings (SSSR count). The van der Waals surface area contributed by atoms with Crippen molar-refractivity contribution >= 4 is 33.1 Å². The number of hydrogen-bond donors (Lipinski definition) is 1. The molecule has 0 atom stereocenters. The Kier molecular flexibility index (Phi) is 6.32. The number of rotatable bonds is 7. The first kappa shape index (κ1) is 21.3. The molecule has 0 aliphatic heterocycles. The fourth-order valence-corrected chi connectivity index (χ4v) is 4.46. The van der Waals surface area contributed by atoms with Gasteiger partial charge in [0.05, 0.1) is 10.6 Å². The molecule has 0 fully saturated rings. The molecule has 30 heavy (non-hydrogen) atoms. The van der Waals surface area contributed by atoms with E-state index in [1.165, 1.54) is 13.0 Å². The SMILES string of the molecule is CC(=O)c1ccc(NC(=O)CN(c2ccccc2)S(=O)(=O)c2cccc(C)c2)cc1. The van der Waals surface area contributed by atoms with Gasteiger partial charge in [-0.2, -0.15) is 0 Å². The number of carbonyl (C=O) groups excluding carboxylic acids is 2. The highest BCUT2D eigenvalue weighted by molar-refractivity contribution is 7.92. The van der Waals surface area contributed by atoms with Gasteiger partial charge in [0, 0.05) is 11.3 Å². The molecule has 0 aliphatic rings. The number of Topliss-reactive ketones (excluding diaryl/α,β-unsaturated/α-hetero) is 1. The minimum absolute atomic E-state index is 0.0765. The number of ketones is 1. The van der Waals surface area contributed by atoms with Crippen molar-refractivity contribution in [2.45, 2.75) is 18.7 Å². The van der Waals surface area contributed by atoms with E-state index in [9.17, 15) is 18.0 Å². The highest BCUT2D eigenvalue weighted by Gasteiger charge is 2.27. The number of nitrogens with zero attached hydrogens (tertiary/aromatic N) is 1. The summed E-state index contributed by atoms with van der Waals surface area (Å²) in [6, 6.07) is 21.5. The van der Waals surface area contributed by atoms with Gasteiger partial charge in [-0.3, -0.25) is 13.9 Å². The van der Waals surface area contributed by atoms with Crippen molar-refractivity contribution in [3.63, 3.8) is 0 Å². The van der Waals surface area contributed by atoms with Gasteiger partial charge < -0.3 is 5.32 Å². The zero-order chi connectivity index (χ0) is 21.7. The lowest BCUT2D eigenvalue weighted by atomic mass is 10.1. The van der Waals surface area contributed by atoms with Gasteiger partial charge in [-0.1, -0.05) is 30.3 Å². The second kappa shape index (κ2) is 8.92. The van der Waals surface area contributed by atoms with E-state index < -0.39 is 22.5 Å². The topological polar surface area (TPSA) is 83.6 Å². The first-order valence-electron chi connectivity index (χ1n) is 9.33. The van der Waals surface area contributed by atoms with Crippen LogP contribution < -0.4 is 9.62 Å². The standard InChI is InChI=1S/C23H22N2O4S/c1-17-7-6-10-22(15-17)30(28,29)25(21-8-4-3-5-9-21)16-23(27)24-20-13-11-19(12-14-20)18(2)26/h3-15H,16H2,1-2H3,(H,24,27). The number of aryl methyl sites for hydroxylation is 1. The first-order chi connectivity index (χ1) is 14.3. The van der Waals surface area contributed by atoms with Crippen molar-refractivity contribution in [2.75, 3.05) is 16.2 Å². The molecule has 0 aromatic heterocycles. The quantitative estimate of drug-likeness (QED) is 0.583. The normalized spacial score (nSPS) is 11.0. The van der Waals surface area contributed by atoms with Crippen molar-refractivity contribution in [1.82, 2.24) is 0 Å². The van der Waals surface area contributed by atoms with Crippen LogP contribution in [-0.2, 0) is 14.8 Å². The summed E-state index contributed by atoms with van der Waals surface area (Å²) in [7, 11) is -3.95. The summed E-state index contributed by atoms with van der Waals surface area (Å²) in [5.41, 5.74) is 2.20. The van der Waals surface area contributed by atoms with Crippen LogP contribution in [0.3, 0.4) is 0 Å². The number of sulfonamides is 1. The molecule has 0 bridgehead atoms. The lowest BCUT2D eigenvalue weighted by molar-refractivity contribution is -0.114. The monoisotopic (exact) mass is 422 g/mol. The zero-order valence-electron chi connectivity index (χ0n) is 16.7. The van der Waals surface area contributed by atoms with Crippen molar-refractivity contribution in [3.05, 3.63) is 90.0 Å². The van der Waals surface area contributed by atoms with E-state index in [1.54, 1.807) is 66.7 Å². The van der Waals surface area contributed by atoms with E-state index in [-0.39, 0.29) is 10.7 Å². The Hall–Kier alpha value is -3.45. The van der Waals surface area contributed by atoms with Crippen LogP contribution in [0, 0.1) is 6.92 Å². The van der Waals surface area contributed by atoms with Crippen LogP contribution in [-0.4, -0.2) is 26.7 Å². The maximum atomic E-state index is 13.3. The molecular formula is C23H22N2O4S. The molecule has 0 radical (unpaired) electrons. The summed E-state index contributed by atoms with van der Waals surface area (Å²) in [6.07, 6.45) is 0. The predicted octanol–water partition coefficient (Wildman–Crippen LogP) is 4.03. The minimum Gasteiger partial charge on any atom is -0.325 e. The molecule has 3 aromatic carbocycles. The third kappa shape index (κ3) is 4.93. The Labute approximate surface area is 176 Å². The molecule has 0 unspecified atom stereocenters. The Balaban J connectivity index is 1.88. The van der Waals surface area contributed by atoms with E-state index in [4.69, 9.17) is 0 Å². The number of hydrogen-bond acceptors (Lipinski definition) is 4. The smallest absolute Gasteiger partial charge is 0.264 e. The molecule has 0 saturated carbocycles. The van der Waals surface area contributed by atoms with E-state index in [0.717, 1.165) is 9.87 Å². The number of benzene rings is 3. The van der Waals surface area contributed by atoms with Crippen LogP contribution in [0.2, 0.25) is 0 Å². The Bertz CT molecular complexity index is 1160.